The zero-order chi connectivity index (χ0) is 13.0. The summed E-state index contributed by atoms with van der Waals surface area (Å²) in [6.45, 7) is 0.523. The molecule has 0 saturated carbocycles. The normalized spacial score (nSPS) is 12.4. The summed E-state index contributed by atoms with van der Waals surface area (Å²) in [5.41, 5.74) is 0.967. The molecule has 2 rings (SSSR count). The van der Waals surface area contributed by atoms with Crippen LogP contribution in [0.5, 0.6) is 5.75 Å². The summed E-state index contributed by atoms with van der Waals surface area (Å²) >= 11 is 5.82. The van der Waals surface area contributed by atoms with Crippen LogP contribution in [-0.2, 0) is 7.05 Å². The van der Waals surface area contributed by atoms with Crippen molar-refractivity contribution in [2.45, 2.75) is 6.04 Å². The fourth-order valence-corrected chi connectivity index (χ4v) is 1.77. The first-order chi connectivity index (χ1) is 8.69. The summed E-state index contributed by atoms with van der Waals surface area (Å²) in [5.74, 6) is 0.801. The Morgan fingerprint density at radius 1 is 1.33 bits per heavy atom. The van der Waals surface area contributed by atoms with Gasteiger partial charge in [-0.3, -0.25) is 4.68 Å². The average Bonchev–Trinajstić information content (AvgIpc) is 2.79. The van der Waals surface area contributed by atoms with Gasteiger partial charge in [-0.15, -0.1) is 0 Å². The highest BCUT2D eigenvalue weighted by molar-refractivity contribution is 6.30. The van der Waals surface area contributed by atoms with Crippen LogP contribution in [0.4, 0.5) is 0 Å². The summed E-state index contributed by atoms with van der Waals surface area (Å²) in [6, 6.07) is 9.38. The van der Waals surface area contributed by atoms with Crippen LogP contribution >= 0.6 is 11.6 Å². The van der Waals surface area contributed by atoms with E-state index < -0.39 is 0 Å². The van der Waals surface area contributed by atoms with Gasteiger partial charge in [-0.1, -0.05) is 11.6 Å². The lowest BCUT2D eigenvalue weighted by molar-refractivity contribution is 0.270. The van der Waals surface area contributed by atoms with E-state index in [-0.39, 0.29) is 6.04 Å². The molecule has 4 nitrogen and oxygen atoms in total. The van der Waals surface area contributed by atoms with E-state index in [0.717, 1.165) is 11.4 Å². The van der Waals surface area contributed by atoms with Crippen LogP contribution in [0, 0.1) is 0 Å². The molecule has 0 bridgehead atoms. The maximum absolute atomic E-state index is 5.82. The third-order valence-corrected chi connectivity index (χ3v) is 2.92. The SMILES string of the molecule is CNC(COc1ccc(Cl)cc1)c1ccn(C)n1. The molecule has 1 N–H and O–H groups in total. The number of likely N-dealkylation sites (N-methyl/N-ethyl adjacent to an activating group) is 1. The van der Waals surface area contributed by atoms with Crippen LogP contribution in [0.15, 0.2) is 36.5 Å². The molecule has 1 heterocycles. The Bertz CT molecular complexity index is 495. The van der Waals surface area contributed by atoms with E-state index in [1.165, 1.54) is 0 Å². The molecule has 0 radical (unpaired) electrons. The van der Waals surface area contributed by atoms with Gasteiger partial charge in [0.1, 0.15) is 12.4 Å². The zero-order valence-corrected chi connectivity index (χ0v) is 11.2. The molecule has 0 aliphatic carbocycles. The first-order valence-electron chi connectivity index (χ1n) is 5.74. The van der Waals surface area contributed by atoms with Crippen molar-refractivity contribution in [3.8, 4) is 5.75 Å². The second kappa shape index (κ2) is 5.89. The standard InChI is InChI=1S/C13H16ClN3O/c1-15-13(12-7-8-17(2)16-12)9-18-11-5-3-10(14)4-6-11/h3-8,13,15H,9H2,1-2H3. The first kappa shape index (κ1) is 12.9. The maximum atomic E-state index is 5.82. The Labute approximate surface area is 112 Å². The van der Waals surface area contributed by atoms with Gasteiger partial charge in [-0.05, 0) is 37.4 Å². The molecule has 0 aliphatic rings. The van der Waals surface area contributed by atoms with Gasteiger partial charge >= 0.3 is 0 Å². The number of nitrogens with one attached hydrogen (secondary N) is 1. The topological polar surface area (TPSA) is 39.1 Å². The molecular formula is C13H16ClN3O. The van der Waals surface area contributed by atoms with E-state index in [0.29, 0.717) is 11.6 Å². The van der Waals surface area contributed by atoms with Gasteiger partial charge in [0.15, 0.2) is 0 Å². The number of nitrogens with zero attached hydrogens (tertiary/aromatic N) is 2. The molecule has 1 aromatic carbocycles. The summed E-state index contributed by atoms with van der Waals surface area (Å²) in [4.78, 5) is 0. The third-order valence-electron chi connectivity index (χ3n) is 2.67. The maximum Gasteiger partial charge on any atom is 0.119 e. The molecule has 0 fully saturated rings. The Kier molecular flexibility index (Phi) is 4.23. The smallest absolute Gasteiger partial charge is 0.119 e. The predicted molar refractivity (Wildman–Crippen MR) is 72.0 cm³/mol. The van der Waals surface area contributed by atoms with Gasteiger partial charge in [0, 0.05) is 18.3 Å². The molecule has 2 aromatic rings. The Morgan fingerprint density at radius 3 is 2.61 bits per heavy atom. The van der Waals surface area contributed by atoms with Gasteiger partial charge in [0.05, 0.1) is 11.7 Å². The van der Waals surface area contributed by atoms with Crippen molar-refractivity contribution in [2.75, 3.05) is 13.7 Å². The van der Waals surface area contributed by atoms with Crippen molar-refractivity contribution in [2.24, 2.45) is 7.05 Å². The van der Waals surface area contributed by atoms with E-state index >= 15 is 0 Å². The molecule has 0 spiro atoms. The second-order valence-electron chi connectivity index (χ2n) is 4.02. The van der Waals surface area contributed by atoms with Gasteiger partial charge < -0.3 is 10.1 Å². The number of ether oxygens (including phenoxy) is 1. The molecule has 1 atom stereocenters. The van der Waals surface area contributed by atoms with Crippen LogP contribution in [0.3, 0.4) is 0 Å². The monoisotopic (exact) mass is 265 g/mol. The van der Waals surface area contributed by atoms with E-state index in [9.17, 15) is 0 Å². The van der Waals surface area contributed by atoms with E-state index in [1.807, 2.05) is 50.6 Å². The molecule has 5 heteroatoms. The molecule has 0 amide bonds. The van der Waals surface area contributed by atoms with Crippen LogP contribution in [-0.4, -0.2) is 23.4 Å². The molecule has 1 aromatic heterocycles. The predicted octanol–water partition coefficient (Wildman–Crippen LogP) is 2.41. The van der Waals surface area contributed by atoms with Crippen molar-refractivity contribution >= 4 is 11.6 Å². The Morgan fingerprint density at radius 2 is 2.06 bits per heavy atom. The quantitative estimate of drug-likeness (QED) is 0.902. The number of hydrogen-bond donors (Lipinski definition) is 1. The summed E-state index contributed by atoms with van der Waals surface area (Å²) < 4.78 is 7.49. The lowest BCUT2D eigenvalue weighted by Crippen LogP contribution is -2.23. The average molecular weight is 266 g/mol. The molecule has 18 heavy (non-hydrogen) atoms. The van der Waals surface area contributed by atoms with Crippen molar-refractivity contribution in [3.63, 3.8) is 0 Å². The fraction of sp³-hybridized carbons (Fsp3) is 0.308. The van der Waals surface area contributed by atoms with E-state index in [4.69, 9.17) is 16.3 Å². The highest BCUT2D eigenvalue weighted by atomic mass is 35.5. The van der Waals surface area contributed by atoms with Gasteiger partial charge in [-0.25, -0.2) is 0 Å². The fourth-order valence-electron chi connectivity index (χ4n) is 1.65. The van der Waals surface area contributed by atoms with Gasteiger partial charge in [0.25, 0.3) is 0 Å². The van der Waals surface area contributed by atoms with Crippen molar-refractivity contribution in [1.82, 2.24) is 15.1 Å². The van der Waals surface area contributed by atoms with Crippen molar-refractivity contribution < 1.29 is 4.74 Å². The van der Waals surface area contributed by atoms with E-state index in [1.54, 1.807) is 4.68 Å². The molecular weight excluding hydrogens is 250 g/mol. The zero-order valence-electron chi connectivity index (χ0n) is 10.4. The van der Waals surface area contributed by atoms with E-state index in [2.05, 4.69) is 10.4 Å². The van der Waals surface area contributed by atoms with Crippen LogP contribution in [0.2, 0.25) is 5.02 Å². The summed E-state index contributed by atoms with van der Waals surface area (Å²) in [6.07, 6.45) is 1.92. The highest BCUT2D eigenvalue weighted by Gasteiger charge is 2.12. The number of aromatic nitrogens is 2. The molecule has 0 saturated heterocycles. The first-order valence-corrected chi connectivity index (χ1v) is 6.12. The molecule has 96 valence electrons. The molecule has 1 unspecified atom stereocenters. The Balaban J connectivity index is 1.97. The number of benzene rings is 1. The van der Waals surface area contributed by atoms with Crippen LogP contribution in [0.25, 0.3) is 0 Å². The summed E-state index contributed by atoms with van der Waals surface area (Å²) in [5, 5.41) is 8.25. The minimum Gasteiger partial charge on any atom is -0.492 e. The third kappa shape index (κ3) is 3.24. The number of halogens is 1. The van der Waals surface area contributed by atoms with Gasteiger partial charge in [-0.2, -0.15) is 5.10 Å². The largest absolute Gasteiger partial charge is 0.492 e. The summed E-state index contributed by atoms with van der Waals surface area (Å²) in [7, 11) is 3.79. The molecule has 0 aliphatic heterocycles. The highest BCUT2D eigenvalue weighted by Crippen LogP contribution is 2.17. The number of hydrogen-bond acceptors (Lipinski definition) is 3. The van der Waals surface area contributed by atoms with Crippen molar-refractivity contribution in [1.29, 1.82) is 0 Å². The Hall–Kier alpha value is -1.52. The lowest BCUT2D eigenvalue weighted by atomic mass is 10.2. The van der Waals surface area contributed by atoms with Crippen LogP contribution in [0.1, 0.15) is 11.7 Å². The minimum atomic E-state index is 0.0712. The van der Waals surface area contributed by atoms with Crippen molar-refractivity contribution in [3.05, 3.63) is 47.2 Å². The van der Waals surface area contributed by atoms with Gasteiger partial charge in [0.2, 0.25) is 0 Å². The second-order valence-corrected chi connectivity index (χ2v) is 4.46. The number of aryl methyl sites for hydroxylation is 1. The minimum absolute atomic E-state index is 0.0712. The lowest BCUT2D eigenvalue weighted by Gasteiger charge is -2.15. The number of rotatable bonds is 5. The van der Waals surface area contributed by atoms with Crippen LogP contribution < -0.4 is 10.1 Å².